The number of rotatable bonds is 2. The van der Waals surface area contributed by atoms with Crippen molar-refractivity contribution in [2.24, 2.45) is 0 Å². The standard InChI is InChI=1S/C12H17ClN2/c13-11-5-6-14-12(9-11)10-15-7-3-1-2-4-8-15/h5-6,9H,1-4,7-8,10H2. The summed E-state index contributed by atoms with van der Waals surface area (Å²) in [5.74, 6) is 0. The Labute approximate surface area is 96.3 Å². The molecule has 0 amide bonds. The Morgan fingerprint density at radius 2 is 1.93 bits per heavy atom. The highest BCUT2D eigenvalue weighted by Gasteiger charge is 2.09. The summed E-state index contributed by atoms with van der Waals surface area (Å²) in [6.45, 7) is 3.35. The SMILES string of the molecule is Clc1ccnc(CN2CCCCCC2)c1. The van der Waals surface area contributed by atoms with Gasteiger partial charge in [0.05, 0.1) is 5.69 Å². The van der Waals surface area contributed by atoms with Gasteiger partial charge in [-0.15, -0.1) is 0 Å². The van der Waals surface area contributed by atoms with E-state index in [-0.39, 0.29) is 0 Å². The van der Waals surface area contributed by atoms with Crippen LogP contribution in [0.15, 0.2) is 18.3 Å². The Morgan fingerprint density at radius 3 is 2.60 bits per heavy atom. The van der Waals surface area contributed by atoms with E-state index < -0.39 is 0 Å². The predicted molar refractivity (Wildman–Crippen MR) is 63.0 cm³/mol. The second-order valence-corrected chi connectivity index (χ2v) is 4.59. The predicted octanol–water partition coefficient (Wildman–Crippen LogP) is 3.11. The molecule has 0 saturated carbocycles. The maximum Gasteiger partial charge on any atom is 0.0558 e. The molecule has 2 rings (SSSR count). The molecule has 0 atom stereocenters. The molecule has 1 aromatic rings. The zero-order chi connectivity index (χ0) is 10.5. The summed E-state index contributed by atoms with van der Waals surface area (Å²) in [5.41, 5.74) is 1.09. The average Bonchev–Trinajstić information content (AvgIpc) is 2.46. The summed E-state index contributed by atoms with van der Waals surface area (Å²) in [5, 5.41) is 0.787. The lowest BCUT2D eigenvalue weighted by atomic mass is 10.2. The molecule has 2 nitrogen and oxygen atoms in total. The fourth-order valence-electron chi connectivity index (χ4n) is 2.06. The second kappa shape index (κ2) is 5.47. The highest BCUT2D eigenvalue weighted by atomic mass is 35.5. The first-order chi connectivity index (χ1) is 7.34. The van der Waals surface area contributed by atoms with Gasteiger partial charge >= 0.3 is 0 Å². The lowest BCUT2D eigenvalue weighted by molar-refractivity contribution is 0.274. The smallest absolute Gasteiger partial charge is 0.0558 e. The van der Waals surface area contributed by atoms with Crippen molar-refractivity contribution in [1.82, 2.24) is 9.88 Å². The van der Waals surface area contributed by atoms with E-state index in [1.165, 1.54) is 38.8 Å². The van der Waals surface area contributed by atoms with Crippen LogP contribution >= 0.6 is 11.6 Å². The molecular weight excluding hydrogens is 208 g/mol. The number of hydrogen-bond donors (Lipinski definition) is 0. The van der Waals surface area contributed by atoms with Crippen LogP contribution < -0.4 is 0 Å². The maximum atomic E-state index is 5.94. The van der Waals surface area contributed by atoms with Gasteiger partial charge in [-0.1, -0.05) is 24.4 Å². The van der Waals surface area contributed by atoms with Crippen LogP contribution in [-0.4, -0.2) is 23.0 Å². The number of aromatic nitrogens is 1. The third kappa shape index (κ3) is 3.47. The first kappa shape index (κ1) is 10.9. The van der Waals surface area contributed by atoms with Crippen LogP contribution in [0, 0.1) is 0 Å². The van der Waals surface area contributed by atoms with E-state index in [0.717, 1.165) is 17.3 Å². The lowest BCUT2D eigenvalue weighted by Gasteiger charge is -2.18. The largest absolute Gasteiger partial charge is 0.298 e. The first-order valence-corrected chi connectivity index (χ1v) is 6.05. The summed E-state index contributed by atoms with van der Waals surface area (Å²) in [7, 11) is 0. The molecule has 0 unspecified atom stereocenters. The van der Waals surface area contributed by atoms with Crippen LogP contribution in [0.4, 0.5) is 0 Å². The van der Waals surface area contributed by atoms with Gasteiger partial charge in [-0.25, -0.2) is 0 Å². The van der Waals surface area contributed by atoms with E-state index in [9.17, 15) is 0 Å². The van der Waals surface area contributed by atoms with Crippen LogP contribution in [0.25, 0.3) is 0 Å². The fraction of sp³-hybridized carbons (Fsp3) is 0.583. The van der Waals surface area contributed by atoms with Gasteiger partial charge in [-0.2, -0.15) is 0 Å². The van der Waals surface area contributed by atoms with Crippen LogP contribution in [0.5, 0.6) is 0 Å². The number of hydrogen-bond acceptors (Lipinski definition) is 2. The summed E-state index contributed by atoms with van der Waals surface area (Å²) >= 11 is 5.94. The summed E-state index contributed by atoms with van der Waals surface area (Å²) < 4.78 is 0. The average molecular weight is 225 g/mol. The van der Waals surface area contributed by atoms with Crippen molar-refractivity contribution >= 4 is 11.6 Å². The zero-order valence-corrected chi connectivity index (χ0v) is 9.71. The summed E-state index contributed by atoms with van der Waals surface area (Å²) in [4.78, 5) is 6.82. The van der Waals surface area contributed by atoms with Crippen molar-refractivity contribution < 1.29 is 0 Å². The van der Waals surface area contributed by atoms with Crippen molar-refractivity contribution in [2.75, 3.05) is 13.1 Å². The van der Waals surface area contributed by atoms with Gasteiger partial charge in [0.2, 0.25) is 0 Å². The van der Waals surface area contributed by atoms with Gasteiger partial charge in [0.1, 0.15) is 0 Å². The van der Waals surface area contributed by atoms with Gasteiger partial charge in [-0.05, 0) is 38.1 Å². The van der Waals surface area contributed by atoms with E-state index in [1.54, 1.807) is 6.20 Å². The topological polar surface area (TPSA) is 16.1 Å². The molecule has 1 aliphatic heterocycles. The zero-order valence-electron chi connectivity index (χ0n) is 8.95. The highest BCUT2D eigenvalue weighted by Crippen LogP contribution is 2.14. The molecule has 0 spiro atoms. The number of nitrogens with zero attached hydrogens (tertiary/aromatic N) is 2. The minimum absolute atomic E-state index is 0.787. The molecule has 82 valence electrons. The molecule has 0 aliphatic carbocycles. The monoisotopic (exact) mass is 224 g/mol. The highest BCUT2D eigenvalue weighted by molar-refractivity contribution is 6.30. The normalized spacial score (nSPS) is 18.7. The summed E-state index contributed by atoms with van der Waals surface area (Å²) in [6, 6.07) is 3.79. The molecule has 15 heavy (non-hydrogen) atoms. The molecule has 1 fully saturated rings. The van der Waals surface area contributed by atoms with Crippen LogP contribution in [0.2, 0.25) is 5.02 Å². The molecule has 1 saturated heterocycles. The molecule has 0 N–H and O–H groups in total. The fourth-order valence-corrected chi connectivity index (χ4v) is 2.24. The molecule has 1 aromatic heterocycles. The van der Waals surface area contributed by atoms with Crippen LogP contribution in [-0.2, 0) is 6.54 Å². The number of likely N-dealkylation sites (tertiary alicyclic amines) is 1. The lowest BCUT2D eigenvalue weighted by Crippen LogP contribution is -2.24. The minimum Gasteiger partial charge on any atom is -0.298 e. The Kier molecular flexibility index (Phi) is 3.98. The Bertz CT molecular complexity index is 306. The summed E-state index contributed by atoms with van der Waals surface area (Å²) in [6.07, 6.45) is 7.18. The number of halogens is 1. The van der Waals surface area contributed by atoms with Crippen molar-refractivity contribution in [3.05, 3.63) is 29.0 Å². The van der Waals surface area contributed by atoms with Gasteiger partial charge in [-0.3, -0.25) is 9.88 Å². The first-order valence-electron chi connectivity index (χ1n) is 5.67. The number of pyridine rings is 1. The van der Waals surface area contributed by atoms with Crippen molar-refractivity contribution in [2.45, 2.75) is 32.2 Å². The van der Waals surface area contributed by atoms with Gasteiger partial charge < -0.3 is 0 Å². The van der Waals surface area contributed by atoms with Crippen molar-refractivity contribution in [3.8, 4) is 0 Å². The molecule has 0 radical (unpaired) electrons. The van der Waals surface area contributed by atoms with E-state index in [2.05, 4.69) is 9.88 Å². The van der Waals surface area contributed by atoms with Gasteiger partial charge in [0.25, 0.3) is 0 Å². The minimum atomic E-state index is 0.787. The van der Waals surface area contributed by atoms with Crippen LogP contribution in [0.3, 0.4) is 0 Å². The second-order valence-electron chi connectivity index (χ2n) is 4.16. The Morgan fingerprint density at radius 1 is 1.20 bits per heavy atom. The van der Waals surface area contributed by atoms with Gasteiger partial charge in [0, 0.05) is 17.8 Å². The quantitative estimate of drug-likeness (QED) is 0.768. The third-order valence-corrected chi connectivity index (χ3v) is 3.10. The van der Waals surface area contributed by atoms with E-state index in [4.69, 9.17) is 11.6 Å². The van der Waals surface area contributed by atoms with Crippen molar-refractivity contribution in [1.29, 1.82) is 0 Å². The molecule has 0 bridgehead atoms. The Balaban J connectivity index is 1.95. The molecular formula is C12H17ClN2. The maximum absolute atomic E-state index is 5.94. The molecule has 0 aromatic carbocycles. The molecule has 2 heterocycles. The van der Waals surface area contributed by atoms with Gasteiger partial charge in [0.15, 0.2) is 0 Å². The van der Waals surface area contributed by atoms with E-state index in [0.29, 0.717) is 0 Å². The Hall–Kier alpha value is -0.600. The van der Waals surface area contributed by atoms with E-state index >= 15 is 0 Å². The van der Waals surface area contributed by atoms with E-state index in [1.807, 2.05) is 12.1 Å². The third-order valence-electron chi connectivity index (χ3n) is 2.86. The molecule has 3 heteroatoms. The molecule has 1 aliphatic rings. The van der Waals surface area contributed by atoms with Crippen LogP contribution in [0.1, 0.15) is 31.4 Å². The van der Waals surface area contributed by atoms with Crippen molar-refractivity contribution in [3.63, 3.8) is 0 Å².